The molecule has 0 spiro atoms. The standard InChI is InChI=1S/C19H17FN4O3/c20-14-8-4-5-9-17(14)27-11-10-18(25)23-24-19(26)16-12-15(21-22-16)13-6-2-1-3-7-13/h1-9,12H,10-11H2,(H,21,22)(H,23,25)(H,24,26). The Kier molecular flexibility index (Phi) is 5.78. The number of aromatic amines is 1. The van der Waals surface area contributed by atoms with Crippen molar-refractivity contribution in [2.24, 2.45) is 0 Å². The van der Waals surface area contributed by atoms with Crippen LogP contribution in [0, 0.1) is 5.82 Å². The number of hydrogen-bond acceptors (Lipinski definition) is 4. The Morgan fingerprint density at radius 1 is 1.04 bits per heavy atom. The lowest BCUT2D eigenvalue weighted by molar-refractivity contribution is -0.122. The van der Waals surface area contributed by atoms with E-state index >= 15 is 0 Å². The number of ether oxygens (including phenoxy) is 1. The van der Waals surface area contributed by atoms with E-state index < -0.39 is 17.6 Å². The second kappa shape index (κ2) is 8.61. The van der Waals surface area contributed by atoms with Crippen molar-refractivity contribution in [3.05, 3.63) is 72.2 Å². The summed E-state index contributed by atoms with van der Waals surface area (Å²) in [6.45, 7) is -0.0230. The summed E-state index contributed by atoms with van der Waals surface area (Å²) in [4.78, 5) is 23.8. The van der Waals surface area contributed by atoms with Crippen LogP contribution < -0.4 is 15.6 Å². The summed E-state index contributed by atoms with van der Waals surface area (Å²) in [5.74, 6) is -1.43. The molecule has 0 saturated carbocycles. The predicted molar refractivity (Wildman–Crippen MR) is 96.1 cm³/mol. The molecule has 0 saturated heterocycles. The van der Waals surface area contributed by atoms with E-state index in [9.17, 15) is 14.0 Å². The maximum absolute atomic E-state index is 13.4. The molecule has 27 heavy (non-hydrogen) atoms. The molecule has 1 aromatic heterocycles. The van der Waals surface area contributed by atoms with Crippen molar-refractivity contribution in [2.75, 3.05) is 6.61 Å². The Balaban J connectivity index is 1.44. The van der Waals surface area contributed by atoms with E-state index in [2.05, 4.69) is 21.0 Å². The Morgan fingerprint density at radius 3 is 2.56 bits per heavy atom. The number of H-pyrrole nitrogens is 1. The molecule has 0 aliphatic rings. The monoisotopic (exact) mass is 368 g/mol. The summed E-state index contributed by atoms with van der Waals surface area (Å²) in [5, 5.41) is 6.69. The van der Waals surface area contributed by atoms with Gasteiger partial charge >= 0.3 is 0 Å². The fraction of sp³-hybridized carbons (Fsp3) is 0.105. The summed E-state index contributed by atoms with van der Waals surface area (Å²) in [6.07, 6.45) is -0.0488. The maximum atomic E-state index is 13.4. The van der Waals surface area contributed by atoms with Crippen molar-refractivity contribution >= 4 is 11.8 Å². The lowest BCUT2D eigenvalue weighted by Crippen LogP contribution is -2.42. The van der Waals surface area contributed by atoms with Crippen molar-refractivity contribution in [3.63, 3.8) is 0 Å². The van der Waals surface area contributed by atoms with Crippen molar-refractivity contribution in [1.29, 1.82) is 0 Å². The summed E-state index contributed by atoms with van der Waals surface area (Å²) >= 11 is 0. The van der Waals surface area contributed by atoms with Gasteiger partial charge in [0, 0.05) is 5.56 Å². The first-order valence-electron chi connectivity index (χ1n) is 8.21. The first-order chi connectivity index (χ1) is 13.1. The van der Waals surface area contributed by atoms with Gasteiger partial charge in [0.05, 0.1) is 18.7 Å². The van der Waals surface area contributed by atoms with Gasteiger partial charge in [-0.15, -0.1) is 0 Å². The topological polar surface area (TPSA) is 96.1 Å². The third kappa shape index (κ3) is 4.91. The number of para-hydroxylation sites is 1. The van der Waals surface area contributed by atoms with Gasteiger partial charge in [-0.25, -0.2) is 4.39 Å². The molecular weight excluding hydrogens is 351 g/mol. The molecule has 0 radical (unpaired) electrons. The summed E-state index contributed by atoms with van der Waals surface area (Å²) in [5.41, 5.74) is 6.24. The Labute approximate surface area is 154 Å². The van der Waals surface area contributed by atoms with Crippen molar-refractivity contribution < 1.29 is 18.7 Å². The number of carbonyl (C=O) groups is 2. The highest BCUT2D eigenvalue weighted by Gasteiger charge is 2.12. The second-order valence-corrected chi connectivity index (χ2v) is 5.56. The summed E-state index contributed by atoms with van der Waals surface area (Å²) in [7, 11) is 0. The molecule has 0 aliphatic carbocycles. The zero-order chi connectivity index (χ0) is 19.1. The Bertz CT molecular complexity index is 927. The first-order valence-corrected chi connectivity index (χ1v) is 8.21. The first kappa shape index (κ1) is 18.1. The van der Waals surface area contributed by atoms with E-state index in [0.29, 0.717) is 5.69 Å². The van der Waals surface area contributed by atoms with Crippen LogP contribution in [0.2, 0.25) is 0 Å². The number of hydrogen-bond donors (Lipinski definition) is 3. The molecule has 2 amide bonds. The highest BCUT2D eigenvalue weighted by atomic mass is 19.1. The highest BCUT2D eigenvalue weighted by Crippen LogP contribution is 2.17. The Morgan fingerprint density at radius 2 is 1.78 bits per heavy atom. The van der Waals surface area contributed by atoms with Gasteiger partial charge in [0.2, 0.25) is 5.91 Å². The number of amides is 2. The van der Waals surface area contributed by atoms with Crippen LogP contribution in [0.15, 0.2) is 60.7 Å². The predicted octanol–water partition coefficient (Wildman–Crippen LogP) is 2.45. The van der Waals surface area contributed by atoms with Gasteiger partial charge in [0.15, 0.2) is 11.6 Å². The molecule has 138 valence electrons. The molecule has 8 heteroatoms. The molecule has 7 nitrogen and oxygen atoms in total. The largest absolute Gasteiger partial charge is 0.490 e. The molecule has 3 aromatic rings. The molecule has 3 rings (SSSR count). The number of rotatable bonds is 6. The molecule has 0 aliphatic heterocycles. The lowest BCUT2D eigenvalue weighted by Gasteiger charge is -2.08. The van der Waals surface area contributed by atoms with E-state index in [4.69, 9.17) is 4.74 Å². The van der Waals surface area contributed by atoms with Crippen molar-refractivity contribution in [3.8, 4) is 17.0 Å². The third-order valence-corrected chi connectivity index (χ3v) is 3.63. The SMILES string of the molecule is O=C(CCOc1ccccc1F)NNC(=O)c1cc(-c2ccccc2)n[nH]1. The van der Waals surface area contributed by atoms with Crippen LogP contribution in [0.3, 0.4) is 0 Å². The van der Waals surface area contributed by atoms with Crippen LogP contribution in [0.25, 0.3) is 11.3 Å². The number of nitrogens with zero attached hydrogens (tertiary/aromatic N) is 1. The van der Waals surface area contributed by atoms with Crippen molar-refractivity contribution in [1.82, 2.24) is 21.0 Å². The number of nitrogens with one attached hydrogen (secondary N) is 3. The highest BCUT2D eigenvalue weighted by molar-refractivity contribution is 5.94. The minimum atomic E-state index is -0.534. The van der Waals surface area contributed by atoms with Gasteiger partial charge in [-0.3, -0.25) is 25.5 Å². The van der Waals surface area contributed by atoms with E-state index in [0.717, 1.165) is 5.56 Å². The number of carbonyl (C=O) groups excluding carboxylic acids is 2. The maximum Gasteiger partial charge on any atom is 0.287 e. The number of halogens is 1. The fourth-order valence-electron chi connectivity index (χ4n) is 2.27. The second-order valence-electron chi connectivity index (χ2n) is 5.56. The van der Waals surface area contributed by atoms with Crippen LogP contribution in [0.1, 0.15) is 16.9 Å². The van der Waals surface area contributed by atoms with E-state index in [1.807, 2.05) is 30.3 Å². The smallest absolute Gasteiger partial charge is 0.287 e. The van der Waals surface area contributed by atoms with Gasteiger partial charge < -0.3 is 4.74 Å². The van der Waals surface area contributed by atoms with Crippen LogP contribution >= 0.6 is 0 Å². The van der Waals surface area contributed by atoms with Crippen LogP contribution in [-0.4, -0.2) is 28.6 Å². The molecule has 0 bridgehead atoms. The van der Waals surface area contributed by atoms with E-state index in [1.165, 1.54) is 12.1 Å². The normalized spacial score (nSPS) is 10.3. The molecule has 0 atom stereocenters. The van der Waals surface area contributed by atoms with Gasteiger partial charge in [-0.2, -0.15) is 5.10 Å². The zero-order valence-electron chi connectivity index (χ0n) is 14.2. The van der Waals surface area contributed by atoms with Gasteiger partial charge in [-0.1, -0.05) is 42.5 Å². The number of hydrazine groups is 1. The molecule has 0 fully saturated rings. The van der Waals surface area contributed by atoms with Crippen LogP contribution in [0.5, 0.6) is 5.75 Å². The summed E-state index contributed by atoms with van der Waals surface area (Å²) < 4.78 is 18.6. The molecule has 0 unspecified atom stereocenters. The van der Waals surface area contributed by atoms with Gasteiger partial charge in [0.1, 0.15) is 5.69 Å². The number of benzene rings is 2. The zero-order valence-corrected chi connectivity index (χ0v) is 14.2. The average Bonchev–Trinajstić information content (AvgIpc) is 3.19. The van der Waals surface area contributed by atoms with Gasteiger partial charge in [0.25, 0.3) is 5.91 Å². The third-order valence-electron chi connectivity index (χ3n) is 3.63. The molecule has 1 heterocycles. The minimum Gasteiger partial charge on any atom is -0.490 e. The fourth-order valence-corrected chi connectivity index (χ4v) is 2.27. The molecule has 2 aromatic carbocycles. The van der Waals surface area contributed by atoms with Crippen molar-refractivity contribution in [2.45, 2.75) is 6.42 Å². The molecule has 3 N–H and O–H groups in total. The van der Waals surface area contributed by atoms with Gasteiger partial charge in [-0.05, 0) is 18.2 Å². The van der Waals surface area contributed by atoms with Crippen LogP contribution in [-0.2, 0) is 4.79 Å². The van der Waals surface area contributed by atoms with E-state index in [-0.39, 0.29) is 24.5 Å². The number of aromatic nitrogens is 2. The average molecular weight is 368 g/mol. The van der Waals surface area contributed by atoms with Crippen LogP contribution in [0.4, 0.5) is 4.39 Å². The Hall–Kier alpha value is -3.68. The quantitative estimate of drug-likeness (QED) is 0.582. The molecular formula is C19H17FN4O3. The lowest BCUT2D eigenvalue weighted by atomic mass is 10.1. The summed E-state index contributed by atoms with van der Waals surface area (Å²) in [6, 6.07) is 16.9. The minimum absolute atomic E-state index is 0.0230. The van der Waals surface area contributed by atoms with E-state index in [1.54, 1.807) is 18.2 Å².